The highest BCUT2D eigenvalue weighted by molar-refractivity contribution is 5.90. The third-order valence-electron chi connectivity index (χ3n) is 4.78. The number of esters is 2. The molecule has 0 aromatic heterocycles. The molecule has 0 radical (unpaired) electrons. The van der Waals surface area contributed by atoms with E-state index in [0.717, 1.165) is 0 Å². The number of hydrogen-bond acceptors (Lipinski definition) is 6. The second kappa shape index (κ2) is 9.98. The lowest BCUT2D eigenvalue weighted by molar-refractivity contribution is -0.123. The van der Waals surface area contributed by atoms with Gasteiger partial charge < -0.3 is 20.1 Å². The molecule has 2 aromatic rings. The van der Waals surface area contributed by atoms with Crippen molar-refractivity contribution in [1.29, 1.82) is 0 Å². The van der Waals surface area contributed by atoms with Crippen molar-refractivity contribution in [3.05, 3.63) is 71.8 Å². The Balaban J connectivity index is 1.87. The van der Waals surface area contributed by atoms with Crippen molar-refractivity contribution in [3.8, 4) is 0 Å². The maximum absolute atomic E-state index is 13.7. The van der Waals surface area contributed by atoms with Gasteiger partial charge in [0.1, 0.15) is 6.67 Å². The number of nitrogens with one attached hydrogen (secondary N) is 2. The van der Waals surface area contributed by atoms with E-state index in [1.54, 1.807) is 60.7 Å². The molecule has 4 atom stereocenters. The first kappa shape index (κ1) is 21.4. The van der Waals surface area contributed by atoms with E-state index in [0.29, 0.717) is 5.56 Å². The van der Waals surface area contributed by atoms with Gasteiger partial charge in [-0.2, -0.15) is 0 Å². The summed E-state index contributed by atoms with van der Waals surface area (Å²) in [5.74, 6) is -1.68. The Morgan fingerprint density at radius 1 is 0.933 bits per heavy atom. The standard InChI is InChI=1S/C22H23FN2O5/c1-14(26)25-18-13-24-17(12-23)19(29-21(27)15-8-4-2-5-9-15)20(18)30-22(28)16-10-6-3-7-11-16/h2-11,17-20,24H,12-13H2,1H3,(H,25,26)/t17-,18+,19-,20-/m1/s1. The molecule has 1 heterocycles. The van der Waals surface area contributed by atoms with Crippen molar-refractivity contribution < 1.29 is 28.2 Å². The molecule has 158 valence electrons. The van der Waals surface area contributed by atoms with Crippen LogP contribution in [0.5, 0.6) is 0 Å². The number of carbonyl (C=O) groups is 3. The van der Waals surface area contributed by atoms with Crippen molar-refractivity contribution in [2.45, 2.75) is 31.2 Å². The Bertz CT molecular complexity index is 878. The Labute approximate surface area is 173 Å². The van der Waals surface area contributed by atoms with Gasteiger partial charge in [0.25, 0.3) is 0 Å². The topological polar surface area (TPSA) is 93.7 Å². The molecule has 1 saturated heterocycles. The Hall–Kier alpha value is -3.26. The maximum atomic E-state index is 13.7. The Morgan fingerprint density at radius 2 is 1.43 bits per heavy atom. The van der Waals surface area contributed by atoms with Crippen LogP contribution in [0.25, 0.3) is 0 Å². The van der Waals surface area contributed by atoms with E-state index < -0.39 is 42.9 Å². The fraction of sp³-hybridized carbons (Fsp3) is 0.318. The van der Waals surface area contributed by atoms with Gasteiger partial charge in [-0.1, -0.05) is 36.4 Å². The highest BCUT2D eigenvalue weighted by Crippen LogP contribution is 2.22. The summed E-state index contributed by atoms with van der Waals surface area (Å²) >= 11 is 0. The highest BCUT2D eigenvalue weighted by atomic mass is 19.1. The second-order valence-corrected chi connectivity index (χ2v) is 6.95. The van der Waals surface area contributed by atoms with Crippen molar-refractivity contribution in [2.24, 2.45) is 0 Å². The number of halogens is 1. The lowest BCUT2D eigenvalue weighted by Gasteiger charge is -2.41. The van der Waals surface area contributed by atoms with Crippen molar-refractivity contribution >= 4 is 17.8 Å². The summed E-state index contributed by atoms with van der Waals surface area (Å²) in [5, 5.41) is 5.60. The van der Waals surface area contributed by atoms with Gasteiger partial charge in [-0.05, 0) is 24.3 Å². The summed E-state index contributed by atoms with van der Waals surface area (Å²) in [5.41, 5.74) is 0.576. The average Bonchev–Trinajstić information content (AvgIpc) is 2.76. The van der Waals surface area contributed by atoms with Crippen molar-refractivity contribution in [1.82, 2.24) is 10.6 Å². The lowest BCUT2D eigenvalue weighted by atomic mass is 9.94. The first-order valence-electron chi connectivity index (χ1n) is 9.58. The zero-order chi connectivity index (χ0) is 21.5. The SMILES string of the molecule is CC(=O)N[C@H]1CN[C@H](CF)[C@@H](OC(=O)c2ccccc2)[C@@H]1OC(=O)c1ccccc1. The summed E-state index contributed by atoms with van der Waals surface area (Å²) in [7, 11) is 0. The van der Waals surface area contributed by atoms with Crippen LogP contribution in [0.2, 0.25) is 0 Å². The van der Waals surface area contributed by atoms with E-state index in [1.807, 2.05) is 0 Å². The fourth-order valence-electron chi connectivity index (χ4n) is 3.34. The van der Waals surface area contributed by atoms with E-state index in [-0.39, 0.29) is 18.0 Å². The van der Waals surface area contributed by atoms with Crippen LogP contribution in [0.15, 0.2) is 60.7 Å². The summed E-state index contributed by atoms with van der Waals surface area (Å²) in [6.45, 7) is 0.626. The van der Waals surface area contributed by atoms with Gasteiger partial charge in [0, 0.05) is 13.5 Å². The number of rotatable bonds is 6. The summed E-state index contributed by atoms with van der Waals surface area (Å²) < 4.78 is 24.9. The molecule has 1 aliphatic rings. The minimum atomic E-state index is -1.14. The van der Waals surface area contributed by atoms with Gasteiger partial charge in [0.2, 0.25) is 5.91 Å². The first-order valence-corrected chi connectivity index (χ1v) is 9.58. The van der Waals surface area contributed by atoms with E-state index in [4.69, 9.17) is 9.47 Å². The van der Waals surface area contributed by atoms with Crippen molar-refractivity contribution in [3.63, 3.8) is 0 Å². The zero-order valence-electron chi connectivity index (χ0n) is 16.4. The van der Waals surface area contributed by atoms with Crippen molar-refractivity contribution in [2.75, 3.05) is 13.2 Å². The average molecular weight is 414 g/mol. The van der Waals surface area contributed by atoms with Gasteiger partial charge in [0.15, 0.2) is 12.2 Å². The molecular formula is C22H23FN2O5. The predicted octanol–water partition coefficient (Wildman–Crippen LogP) is 1.88. The molecule has 1 amide bonds. The van der Waals surface area contributed by atoms with Crippen LogP contribution in [0, 0.1) is 0 Å². The molecular weight excluding hydrogens is 391 g/mol. The molecule has 3 rings (SSSR count). The number of ether oxygens (including phenoxy) is 2. The first-order chi connectivity index (χ1) is 14.5. The molecule has 0 saturated carbocycles. The molecule has 2 N–H and O–H groups in total. The van der Waals surface area contributed by atoms with Crippen LogP contribution in [0.4, 0.5) is 4.39 Å². The van der Waals surface area contributed by atoms with Crippen LogP contribution >= 0.6 is 0 Å². The molecule has 0 unspecified atom stereocenters. The molecule has 8 heteroatoms. The van der Waals surface area contributed by atoms with Gasteiger partial charge in [0.05, 0.1) is 23.2 Å². The number of alkyl halides is 1. The Morgan fingerprint density at radius 3 is 1.90 bits per heavy atom. The fourth-order valence-corrected chi connectivity index (χ4v) is 3.34. The normalized spacial score (nSPS) is 23.3. The van der Waals surface area contributed by atoms with Crippen LogP contribution < -0.4 is 10.6 Å². The number of carbonyl (C=O) groups excluding carboxylic acids is 3. The van der Waals surface area contributed by atoms with Crippen LogP contribution in [-0.4, -0.2) is 55.4 Å². The minimum Gasteiger partial charge on any atom is -0.453 e. The zero-order valence-corrected chi connectivity index (χ0v) is 16.4. The largest absolute Gasteiger partial charge is 0.453 e. The molecule has 30 heavy (non-hydrogen) atoms. The van der Waals surface area contributed by atoms with Gasteiger partial charge in [-0.25, -0.2) is 14.0 Å². The van der Waals surface area contributed by atoms with Gasteiger partial charge >= 0.3 is 11.9 Å². The quantitative estimate of drug-likeness (QED) is 0.701. The smallest absolute Gasteiger partial charge is 0.338 e. The van der Waals surface area contributed by atoms with Gasteiger partial charge in [-0.15, -0.1) is 0 Å². The Kier molecular flexibility index (Phi) is 7.13. The number of hydrogen-bond donors (Lipinski definition) is 2. The minimum absolute atomic E-state index is 0.153. The van der Waals surface area contributed by atoms with E-state index >= 15 is 0 Å². The van der Waals surface area contributed by atoms with Crippen LogP contribution in [0.1, 0.15) is 27.6 Å². The molecule has 7 nitrogen and oxygen atoms in total. The summed E-state index contributed by atoms with van der Waals surface area (Å²) in [4.78, 5) is 36.9. The van der Waals surface area contributed by atoms with E-state index in [9.17, 15) is 18.8 Å². The third kappa shape index (κ3) is 5.21. The van der Waals surface area contributed by atoms with Crippen LogP contribution in [-0.2, 0) is 14.3 Å². The second-order valence-electron chi connectivity index (χ2n) is 6.95. The maximum Gasteiger partial charge on any atom is 0.338 e. The van der Waals surface area contributed by atoms with Crippen LogP contribution in [0.3, 0.4) is 0 Å². The van der Waals surface area contributed by atoms with E-state index in [1.165, 1.54) is 6.92 Å². The van der Waals surface area contributed by atoms with Gasteiger partial charge in [-0.3, -0.25) is 4.79 Å². The third-order valence-corrected chi connectivity index (χ3v) is 4.78. The molecule has 0 spiro atoms. The molecule has 0 aliphatic carbocycles. The number of benzene rings is 2. The van der Waals surface area contributed by atoms with E-state index in [2.05, 4.69) is 10.6 Å². The molecule has 0 bridgehead atoms. The molecule has 1 fully saturated rings. The summed E-state index contributed by atoms with van der Waals surface area (Å²) in [6.07, 6.45) is -2.21. The molecule has 2 aromatic carbocycles. The summed E-state index contributed by atoms with van der Waals surface area (Å²) in [6, 6.07) is 14.9. The predicted molar refractivity (Wildman–Crippen MR) is 107 cm³/mol. The monoisotopic (exact) mass is 414 g/mol. The molecule has 1 aliphatic heterocycles. The number of piperidine rings is 1. The lowest BCUT2D eigenvalue weighted by Crippen LogP contribution is -2.67. The highest BCUT2D eigenvalue weighted by Gasteiger charge is 2.45. The number of amides is 1.